The largest absolute Gasteiger partial charge is 0.508 e. The number of nitriles is 1. The number of aliphatic hydroxyl groups excluding tert-OH is 1. The lowest BCUT2D eigenvalue weighted by molar-refractivity contribution is 0.248. The number of hydrogen-bond acceptors (Lipinski definition) is 6. The van der Waals surface area contributed by atoms with Crippen LogP contribution in [0.3, 0.4) is 0 Å². The second-order valence-corrected chi connectivity index (χ2v) is 5.59. The standard InChI is InChI=1S/C18H13N3O3/c19-7-13-16(15-5-4-9(8-22)24-15)12-6-11-10(2-1-3-14(11)23)17(12)21-18(13)20/h1-5,22-23H,6,8H2,(H2,20,21). The number of aliphatic hydroxyl groups is 1. The molecule has 2 heterocycles. The molecular weight excluding hydrogens is 306 g/mol. The van der Waals surface area contributed by atoms with Crippen molar-refractivity contribution in [3.8, 4) is 34.4 Å². The fourth-order valence-electron chi connectivity index (χ4n) is 3.18. The number of fused-ring (bicyclic) bond motifs is 3. The van der Waals surface area contributed by atoms with Crippen LogP contribution in [0.4, 0.5) is 5.82 Å². The summed E-state index contributed by atoms with van der Waals surface area (Å²) >= 11 is 0. The van der Waals surface area contributed by atoms with Gasteiger partial charge in [0.15, 0.2) is 0 Å². The summed E-state index contributed by atoms with van der Waals surface area (Å²) in [4.78, 5) is 4.37. The van der Waals surface area contributed by atoms with E-state index in [2.05, 4.69) is 11.1 Å². The molecule has 2 aromatic heterocycles. The molecule has 0 atom stereocenters. The van der Waals surface area contributed by atoms with Gasteiger partial charge in [-0.25, -0.2) is 4.98 Å². The minimum absolute atomic E-state index is 0.115. The van der Waals surface area contributed by atoms with Crippen LogP contribution < -0.4 is 5.73 Å². The Morgan fingerprint density at radius 3 is 2.79 bits per heavy atom. The maximum absolute atomic E-state index is 10.1. The zero-order chi connectivity index (χ0) is 16.8. The molecule has 24 heavy (non-hydrogen) atoms. The molecule has 1 aromatic carbocycles. The van der Waals surface area contributed by atoms with Crippen molar-refractivity contribution in [1.29, 1.82) is 5.26 Å². The molecule has 0 fully saturated rings. The quantitative estimate of drug-likeness (QED) is 0.523. The number of hydrogen-bond donors (Lipinski definition) is 3. The highest BCUT2D eigenvalue weighted by Gasteiger charge is 2.30. The lowest BCUT2D eigenvalue weighted by Crippen LogP contribution is -2.02. The van der Waals surface area contributed by atoms with E-state index in [1.165, 1.54) is 0 Å². The number of nitrogens with zero attached hydrogens (tertiary/aromatic N) is 2. The lowest BCUT2D eigenvalue weighted by atomic mass is 9.98. The van der Waals surface area contributed by atoms with Crippen LogP contribution in [0.25, 0.3) is 22.6 Å². The summed E-state index contributed by atoms with van der Waals surface area (Å²) in [6.45, 7) is -0.230. The van der Waals surface area contributed by atoms with E-state index in [1.54, 1.807) is 24.3 Å². The Morgan fingerprint density at radius 1 is 1.25 bits per heavy atom. The first-order chi connectivity index (χ1) is 11.6. The highest BCUT2D eigenvalue weighted by atomic mass is 16.4. The third-order valence-corrected chi connectivity index (χ3v) is 4.26. The van der Waals surface area contributed by atoms with Gasteiger partial charge in [0.1, 0.15) is 41.3 Å². The molecule has 4 N–H and O–H groups in total. The molecule has 3 aromatic rings. The Balaban J connectivity index is 2.03. The fraction of sp³-hybridized carbons (Fsp3) is 0.111. The van der Waals surface area contributed by atoms with Crippen molar-refractivity contribution in [3.63, 3.8) is 0 Å². The van der Waals surface area contributed by atoms with Crippen molar-refractivity contribution >= 4 is 5.82 Å². The van der Waals surface area contributed by atoms with E-state index in [9.17, 15) is 15.5 Å². The van der Waals surface area contributed by atoms with E-state index < -0.39 is 0 Å². The number of rotatable bonds is 2. The first kappa shape index (κ1) is 14.3. The number of aromatic hydroxyl groups is 1. The summed E-state index contributed by atoms with van der Waals surface area (Å²) in [5.74, 6) is 1.15. The van der Waals surface area contributed by atoms with Crippen molar-refractivity contribution in [3.05, 3.63) is 52.8 Å². The maximum Gasteiger partial charge on any atom is 0.142 e. The van der Waals surface area contributed by atoms with Gasteiger partial charge in [0, 0.05) is 23.1 Å². The van der Waals surface area contributed by atoms with Gasteiger partial charge in [-0.05, 0) is 23.8 Å². The normalized spacial score (nSPS) is 11.8. The lowest BCUT2D eigenvalue weighted by Gasteiger charge is -2.10. The van der Waals surface area contributed by atoms with Crippen molar-refractivity contribution < 1.29 is 14.6 Å². The molecule has 0 radical (unpaired) electrons. The van der Waals surface area contributed by atoms with E-state index in [1.807, 2.05) is 6.07 Å². The number of benzene rings is 1. The van der Waals surface area contributed by atoms with E-state index in [4.69, 9.17) is 10.2 Å². The number of anilines is 1. The van der Waals surface area contributed by atoms with Crippen LogP contribution >= 0.6 is 0 Å². The molecule has 6 nitrogen and oxygen atoms in total. The fourth-order valence-corrected chi connectivity index (χ4v) is 3.18. The minimum atomic E-state index is -0.230. The van der Waals surface area contributed by atoms with Crippen molar-refractivity contribution in [1.82, 2.24) is 4.98 Å². The Kier molecular flexibility index (Phi) is 3.05. The summed E-state index contributed by atoms with van der Waals surface area (Å²) in [6.07, 6.45) is 0.434. The zero-order valence-corrected chi connectivity index (χ0v) is 12.6. The van der Waals surface area contributed by atoms with Gasteiger partial charge in [0.2, 0.25) is 0 Å². The number of furan rings is 1. The average molecular weight is 319 g/mol. The number of nitrogen functional groups attached to an aromatic ring is 1. The Hall–Kier alpha value is -3.30. The van der Waals surface area contributed by atoms with Crippen molar-refractivity contribution in [2.45, 2.75) is 13.0 Å². The monoisotopic (exact) mass is 319 g/mol. The summed E-state index contributed by atoms with van der Waals surface area (Å²) in [5, 5.41) is 28.9. The number of pyridine rings is 1. The number of nitrogens with two attached hydrogens (primary N) is 1. The van der Waals surface area contributed by atoms with Crippen LogP contribution in [-0.2, 0) is 13.0 Å². The molecule has 0 bridgehead atoms. The maximum atomic E-state index is 10.1. The van der Waals surface area contributed by atoms with Gasteiger partial charge >= 0.3 is 0 Å². The van der Waals surface area contributed by atoms with Gasteiger partial charge in [0.05, 0.1) is 5.69 Å². The van der Waals surface area contributed by atoms with Crippen molar-refractivity contribution in [2.75, 3.05) is 5.73 Å². The summed E-state index contributed by atoms with van der Waals surface area (Å²) < 4.78 is 5.62. The van der Waals surface area contributed by atoms with Gasteiger partial charge in [0.25, 0.3) is 0 Å². The molecule has 0 spiro atoms. The SMILES string of the molecule is N#Cc1c(N)nc2c(c1-c1ccc(CO)o1)Cc1c(O)cccc1-2. The van der Waals surface area contributed by atoms with Crippen LogP contribution in [0.2, 0.25) is 0 Å². The minimum Gasteiger partial charge on any atom is -0.508 e. The molecule has 118 valence electrons. The van der Waals surface area contributed by atoms with Gasteiger partial charge in [-0.15, -0.1) is 0 Å². The first-order valence-corrected chi connectivity index (χ1v) is 7.37. The molecule has 0 aliphatic heterocycles. The molecule has 0 unspecified atom stereocenters. The topological polar surface area (TPSA) is 116 Å². The third kappa shape index (κ3) is 1.89. The van der Waals surface area contributed by atoms with Gasteiger partial charge in [-0.1, -0.05) is 12.1 Å². The zero-order valence-electron chi connectivity index (χ0n) is 12.6. The van der Waals surface area contributed by atoms with Gasteiger partial charge in [-0.3, -0.25) is 0 Å². The average Bonchev–Trinajstić information content (AvgIpc) is 3.19. The summed E-state index contributed by atoms with van der Waals surface area (Å²) in [5.41, 5.74) is 9.78. The predicted molar refractivity (Wildman–Crippen MR) is 86.9 cm³/mol. The predicted octanol–water partition coefficient (Wildman–Crippen LogP) is 2.56. The molecule has 0 saturated heterocycles. The molecule has 1 aliphatic carbocycles. The highest BCUT2D eigenvalue weighted by molar-refractivity contribution is 5.87. The first-order valence-electron chi connectivity index (χ1n) is 7.37. The second-order valence-electron chi connectivity index (χ2n) is 5.59. The second kappa shape index (κ2) is 5.11. The van der Waals surface area contributed by atoms with Crippen molar-refractivity contribution in [2.24, 2.45) is 0 Å². The number of phenolic OH excluding ortho intramolecular Hbond substituents is 1. The molecule has 6 heteroatoms. The molecule has 0 amide bonds. The molecule has 0 saturated carbocycles. The number of aromatic nitrogens is 1. The molecule has 4 rings (SSSR count). The Labute approximate surface area is 137 Å². The highest BCUT2D eigenvalue weighted by Crippen LogP contribution is 2.46. The van der Waals surface area contributed by atoms with Crippen LogP contribution in [0.5, 0.6) is 5.75 Å². The van der Waals surface area contributed by atoms with E-state index >= 15 is 0 Å². The van der Waals surface area contributed by atoms with Crippen LogP contribution in [-0.4, -0.2) is 15.2 Å². The Morgan fingerprint density at radius 2 is 2.08 bits per heavy atom. The van der Waals surface area contributed by atoms with E-state index in [0.717, 1.165) is 16.7 Å². The molecule has 1 aliphatic rings. The molecular formula is C18H13N3O3. The van der Waals surface area contributed by atoms with Crippen LogP contribution in [0.1, 0.15) is 22.5 Å². The Bertz CT molecular complexity index is 1020. The number of phenols is 1. The summed E-state index contributed by atoms with van der Waals surface area (Å²) in [7, 11) is 0. The third-order valence-electron chi connectivity index (χ3n) is 4.26. The van der Waals surface area contributed by atoms with E-state index in [0.29, 0.717) is 29.2 Å². The van der Waals surface area contributed by atoms with Crippen LogP contribution in [0.15, 0.2) is 34.7 Å². The smallest absolute Gasteiger partial charge is 0.142 e. The van der Waals surface area contributed by atoms with Gasteiger partial charge < -0.3 is 20.4 Å². The van der Waals surface area contributed by atoms with Gasteiger partial charge in [-0.2, -0.15) is 5.26 Å². The van der Waals surface area contributed by atoms with E-state index in [-0.39, 0.29) is 23.7 Å². The summed E-state index contributed by atoms with van der Waals surface area (Å²) in [6, 6.07) is 10.7. The van der Waals surface area contributed by atoms with Crippen LogP contribution in [0, 0.1) is 11.3 Å².